The Bertz CT molecular complexity index is 519. The number of primary amides is 1. The number of carbonyl (C=O) groups is 1. The van der Waals surface area contributed by atoms with Gasteiger partial charge in [0.1, 0.15) is 0 Å². The van der Waals surface area contributed by atoms with Crippen molar-refractivity contribution in [1.29, 1.82) is 0 Å². The minimum atomic E-state index is -0.374. The molecular weight excluding hydrogens is 286 g/mol. The zero-order valence-electron chi connectivity index (χ0n) is 15.9. The average Bonchev–Trinajstić information content (AvgIpc) is 2.38. The van der Waals surface area contributed by atoms with Gasteiger partial charge in [-0.05, 0) is 67.5 Å². The molecule has 0 aromatic heterocycles. The average molecular weight is 319 g/mol. The van der Waals surface area contributed by atoms with Crippen LogP contribution in [0, 0.1) is 0 Å². The van der Waals surface area contributed by atoms with Gasteiger partial charge in [0.05, 0.1) is 16.9 Å². The number of para-hydroxylation sites is 1. The van der Waals surface area contributed by atoms with Crippen LogP contribution in [0.1, 0.15) is 65.7 Å². The first-order valence-electron chi connectivity index (χ1n) is 8.59. The second kappa shape index (κ2) is 7.71. The van der Waals surface area contributed by atoms with Gasteiger partial charge < -0.3 is 15.5 Å². The van der Waals surface area contributed by atoms with E-state index in [0.29, 0.717) is 17.6 Å². The molecule has 0 unspecified atom stereocenters. The fourth-order valence-electron chi connectivity index (χ4n) is 3.48. The summed E-state index contributed by atoms with van der Waals surface area (Å²) in [5.41, 5.74) is 8.31. The molecule has 0 bridgehead atoms. The quantitative estimate of drug-likeness (QED) is 0.825. The molecule has 1 amide bonds. The van der Waals surface area contributed by atoms with E-state index >= 15 is 0 Å². The molecule has 23 heavy (non-hydrogen) atoms. The zero-order chi connectivity index (χ0) is 17.9. The van der Waals surface area contributed by atoms with Crippen molar-refractivity contribution in [2.45, 2.75) is 79.6 Å². The van der Waals surface area contributed by atoms with Crippen molar-refractivity contribution in [3.05, 3.63) is 23.8 Å². The van der Waals surface area contributed by atoms with E-state index in [1.807, 2.05) is 12.1 Å². The van der Waals surface area contributed by atoms with Crippen molar-refractivity contribution in [3.63, 3.8) is 0 Å². The molecule has 1 rings (SSSR count). The summed E-state index contributed by atoms with van der Waals surface area (Å²) in [6.45, 7) is 17.3. The Kier molecular flexibility index (Phi) is 6.48. The highest BCUT2D eigenvalue weighted by Gasteiger charge is 2.27. The third kappa shape index (κ3) is 4.18. The summed E-state index contributed by atoms with van der Waals surface area (Å²) in [7, 11) is 0. The second-order valence-electron chi connectivity index (χ2n) is 7.23. The van der Waals surface area contributed by atoms with Crippen molar-refractivity contribution < 1.29 is 4.79 Å². The standard InChI is InChI=1S/C19H33N3O/c1-12(2)21(13(3)4)17-11-9-10-16(19(20)23)18(17)22(14(5)6)15(7)8/h9-15H,1-8H3,(H2,20,23). The van der Waals surface area contributed by atoms with E-state index in [4.69, 9.17) is 5.73 Å². The van der Waals surface area contributed by atoms with E-state index in [2.05, 4.69) is 71.3 Å². The number of nitrogens with two attached hydrogens (primary N) is 1. The van der Waals surface area contributed by atoms with E-state index in [1.54, 1.807) is 0 Å². The smallest absolute Gasteiger partial charge is 0.250 e. The number of hydrogen-bond acceptors (Lipinski definition) is 3. The molecule has 0 spiro atoms. The lowest BCUT2D eigenvalue weighted by Gasteiger charge is -2.41. The highest BCUT2D eigenvalue weighted by molar-refractivity contribution is 6.02. The SMILES string of the molecule is CC(C)N(c1cccc(C(N)=O)c1N(C(C)C)C(C)C)C(C)C. The molecule has 0 aliphatic heterocycles. The van der Waals surface area contributed by atoms with Crippen molar-refractivity contribution >= 4 is 17.3 Å². The summed E-state index contributed by atoms with van der Waals surface area (Å²) < 4.78 is 0. The number of benzene rings is 1. The van der Waals surface area contributed by atoms with Gasteiger partial charge in [0, 0.05) is 24.2 Å². The van der Waals surface area contributed by atoms with Crippen LogP contribution in [0.4, 0.5) is 11.4 Å². The second-order valence-corrected chi connectivity index (χ2v) is 7.23. The number of nitrogens with zero attached hydrogens (tertiary/aromatic N) is 2. The highest BCUT2D eigenvalue weighted by atomic mass is 16.1. The summed E-state index contributed by atoms with van der Waals surface area (Å²) in [6, 6.07) is 7.06. The van der Waals surface area contributed by atoms with Gasteiger partial charge in [-0.1, -0.05) is 6.07 Å². The maximum absolute atomic E-state index is 12.1. The van der Waals surface area contributed by atoms with E-state index < -0.39 is 0 Å². The van der Waals surface area contributed by atoms with Crippen molar-refractivity contribution in [1.82, 2.24) is 0 Å². The minimum absolute atomic E-state index is 0.274. The Labute approximate surface area is 141 Å². The number of amides is 1. The predicted molar refractivity (Wildman–Crippen MR) is 100 cm³/mol. The molecule has 4 heteroatoms. The Morgan fingerprint density at radius 2 is 1.26 bits per heavy atom. The zero-order valence-corrected chi connectivity index (χ0v) is 15.9. The molecule has 1 aromatic rings. The molecule has 4 nitrogen and oxygen atoms in total. The van der Waals surface area contributed by atoms with Gasteiger partial charge in [-0.25, -0.2) is 0 Å². The van der Waals surface area contributed by atoms with Crippen molar-refractivity contribution in [2.24, 2.45) is 5.73 Å². The van der Waals surface area contributed by atoms with Crippen LogP contribution in [-0.4, -0.2) is 30.1 Å². The molecule has 0 heterocycles. The lowest BCUT2D eigenvalue weighted by atomic mass is 10.0. The summed E-state index contributed by atoms with van der Waals surface area (Å²) in [6.07, 6.45) is 0. The van der Waals surface area contributed by atoms with Crippen LogP contribution in [0.15, 0.2) is 18.2 Å². The van der Waals surface area contributed by atoms with Gasteiger partial charge in [0.2, 0.25) is 0 Å². The Balaban J connectivity index is 3.71. The van der Waals surface area contributed by atoms with Crippen LogP contribution >= 0.6 is 0 Å². The highest BCUT2D eigenvalue weighted by Crippen LogP contribution is 2.37. The normalized spacial score (nSPS) is 11.7. The largest absolute Gasteiger partial charge is 0.366 e. The van der Waals surface area contributed by atoms with Crippen molar-refractivity contribution in [3.8, 4) is 0 Å². The fourth-order valence-corrected chi connectivity index (χ4v) is 3.48. The molecule has 0 saturated carbocycles. The van der Waals surface area contributed by atoms with Crippen molar-refractivity contribution in [2.75, 3.05) is 9.80 Å². The van der Waals surface area contributed by atoms with Gasteiger partial charge in [0.25, 0.3) is 5.91 Å². The maximum atomic E-state index is 12.1. The maximum Gasteiger partial charge on any atom is 0.250 e. The number of rotatable bonds is 7. The summed E-state index contributed by atoms with van der Waals surface area (Å²) in [5, 5.41) is 0. The van der Waals surface area contributed by atoms with Gasteiger partial charge in [-0.2, -0.15) is 0 Å². The Morgan fingerprint density at radius 1 is 0.826 bits per heavy atom. The first kappa shape index (κ1) is 19.3. The topological polar surface area (TPSA) is 49.6 Å². The lowest BCUT2D eigenvalue weighted by molar-refractivity contribution is 0.100. The number of carbonyl (C=O) groups excluding carboxylic acids is 1. The van der Waals surface area contributed by atoms with Crippen LogP contribution < -0.4 is 15.5 Å². The van der Waals surface area contributed by atoms with Crippen LogP contribution in [0.25, 0.3) is 0 Å². The molecule has 2 N–H and O–H groups in total. The van der Waals surface area contributed by atoms with Gasteiger partial charge in [-0.15, -0.1) is 0 Å². The fraction of sp³-hybridized carbons (Fsp3) is 0.632. The van der Waals surface area contributed by atoms with Gasteiger partial charge in [0.15, 0.2) is 0 Å². The molecule has 0 aliphatic rings. The molecule has 0 atom stereocenters. The van der Waals surface area contributed by atoms with E-state index in [1.165, 1.54) is 0 Å². The summed E-state index contributed by atoms with van der Waals surface area (Å²) in [4.78, 5) is 16.7. The first-order chi connectivity index (χ1) is 10.6. The lowest BCUT2D eigenvalue weighted by Crippen LogP contribution is -2.43. The molecule has 0 aliphatic carbocycles. The first-order valence-corrected chi connectivity index (χ1v) is 8.59. The van der Waals surface area contributed by atoms with Crippen LogP contribution in [0.3, 0.4) is 0 Å². The van der Waals surface area contributed by atoms with Gasteiger partial charge >= 0.3 is 0 Å². The minimum Gasteiger partial charge on any atom is -0.366 e. The van der Waals surface area contributed by atoms with Crippen LogP contribution in [0.2, 0.25) is 0 Å². The Hall–Kier alpha value is -1.71. The molecule has 0 radical (unpaired) electrons. The van der Waals surface area contributed by atoms with E-state index in [-0.39, 0.29) is 18.0 Å². The van der Waals surface area contributed by atoms with E-state index in [9.17, 15) is 4.79 Å². The molecule has 0 saturated heterocycles. The monoisotopic (exact) mass is 319 g/mol. The molecule has 0 fully saturated rings. The third-order valence-electron chi connectivity index (χ3n) is 4.04. The summed E-state index contributed by atoms with van der Waals surface area (Å²) >= 11 is 0. The third-order valence-corrected chi connectivity index (χ3v) is 4.04. The predicted octanol–water partition coefficient (Wildman–Crippen LogP) is 4.03. The summed E-state index contributed by atoms with van der Waals surface area (Å²) in [5.74, 6) is -0.374. The van der Waals surface area contributed by atoms with Crippen LogP contribution in [-0.2, 0) is 0 Å². The molecule has 1 aromatic carbocycles. The van der Waals surface area contributed by atoms with Crippen LogP contribution in [0.5, 0.6) is 0 Å². The molecular formula is C19H33N3O. The number of anilines is 2. The number of hydrogen-bond donors (Lipinski definition) is 1. The van der Waals surface area contributed by atoms with Gasteiger partial charge in [-0.3, -0.25) is 4.79 Å². The Morgan fingerprint density at radius 3 is 1.61 bits per heavy atom. The van der Waals surface area contributed by atoms with E-state index in [0.717, 1.165) is 11.4 Å². The molecule has 130 valence electrons.